The summed E-state index contributed by atoms with van der Waals surface area (Å²) in [6, 6.07) is 5.94. The summed E-state index contributed by atoms with van der Waals surface area (Å²) < 4.78 is 16.9. The second-order valence-electron chi connectivity index (χ2n) is 5.26. The van der Waals surface area contributed by atoms with Crippen LogP contribution < -0.4 is 4.74 Å². The maximum absolute atomic E-state index is 5.76. The van der Waals surface area contributed by atoms with Crippen molar-refractivity contribution < 1.29 is 14.2 Å². The maximum Gasteiger partial charge on any atom is 0.120 e. The highest BCUT2D eigenvalue weighted by Crippen LogP contribution is 2.32. The Kier molecular flexibility index (Phi) is 4.23. The van der Waals surface area contributed by atoms with Gasteiger partial charge in [0.1, 0.15) is 23.1 Å². The lowest BCUT2D eigenvalue weighted by atomic mass is 10.2. The van der Waals surface area contributed by atoms with E-state index in [0.29, 0.717) is 33.0 Å². The van der Waals surface area contributed by atoms with Crippen molar-refractivity contribution in [3.8, 4) is 16.3 Å². The first-order valence-electron chi connectivity index (χ1n) is 7.62. The zero-order valence-corrected chi connectivity index (χ0v) is 13.4. The third kappa shape index (κ3) is 3.21. The van der Waals surface area contributed by atoms with Gasteiger partial charge in [0.15, 0.2) is 0 Å². The molecule has 120 valence electrons. The number of nitrogens with one attached hydrogen (secondary N) is 1. The number of ether oxygens (including phenoxy) is 3. The van der Waals surface area contributed by atoms with E-state index in [1.54, 1.807) is 11.3 Å². The summed E-state index contributed by atoms with van der Waals surface area (Å²) in [7, 11) is 0. The van der Waals surface area contributed by atoms with Crippen LogP contribution in [0.1, 0.15) is 11.4 Å². The predicted molar refractivity (Wildman–Crippen MR) is 87.8 cm³/mol. The summed E-state index contributed by atoms with van der Waals surface area (Å²) in [5, 5.41) is 9.48. The molecule has 3 heterocycles. The molecule has 0 fully saturated rings. The van der Waals surface area contributed by atoms with Gasteiger partial charge in [-0.3, -0.25) is 5.10 Å². The molecule has 0 aliphatic carbocycles. The fourth-order valence-electron chi connectivity index (χ4n) is 2.50. The van der Waals surface area contributed by atoms with E-state index in [4.69, 9.17) is 14.2 Å². The summed E-state index contributed by atoms with van der Waals surface area (Å²) in [6.45, 7) is 2.98. The van der Waals surface area contributed by atoms with Gasteiger partial charge in [-0.1, -0.05) is 0 Å². The number of fused-ring (bicyclic) bond motifs is 4. The Balaban J connectivity index is 1.70. The lowest BCUT2D eigenvalue weighted by Crippen LogP contribution is -2.09. The van der Waals surface area contributed by atoms with E-state index in [1.807, 2.05) is 24.4 Å². The summed E-state index contributed by atoms with van der Waals surface area (Å²) in [5.41, 5.74) is 1.88. The van der Waals surface area contributed by atoms with Gasteiger partial charge in [-0.2, -0.15) is 5.10 Å². The van der Waals surface area contributed by atoms with Crippen molar-refractivity contribution in [2.45, 2.75) is 13.0 Å². The number of hydrogen-bond acceptors (Lipinski definition) is 6. The standard InChI is InChI=1S/C16H17N3O3S/c1-4-20-6-7-22-11-2-3-13-12(8-11)16(19-18-13)14-9-17-15(23-14)10-21-5-1/h2-3,8-9H,1,4-7,10H2,(H,18,19). The molecule has 1 N–H and O–H groups in total. The largest absolute Gasteiger partial charge is 0.491 e. The van der Waals surface area contributed by atoms with E-state index < -0.39 is 0 Å². The summed E-state index contributed by atoms with van der Waals surface area (Å²) in [6.07, 6.45) is 2.72. The number of aromatic nitrogens is 3. The molecule has 4 rings (SSSR count). The molecule has 2 aromatic heterocycles. The minimum absolute atomic E-state index is 0.529. The fourth-order valence-corrected chi connectivity index (χ4v) is 3.36. The van der Waals surface area contributed by atoms with Crippen LogP contribution in [0.25, 0.3) is 21.5 Å². The highest BCUT2D eigenvalue weighted by atomic mass is 32.1. The van der Waals surface area contributed by atoms with Crippen molar-refractivity contribution in [2.75, 3.05) is 26.4 Å². The molecule has 6 nitrogen and oxygen atoms in total. The van der Waals surface area contributed by atoms with Crippen molar-refractivity contribution in [3.63, 3.8) is 0 Å². The molecule has 0 amide bonds. The molecule has 0 radical (unpaired) electrons. The van der Waals surface area contributed by atoms with Crippen molar-refractivity contribution in [3.05, 3.63) is 29.4 Å². The third-order valence-corrected chi connectivity index (χ3v) is 4.60. The lowest BCUT2D eigenvalue weighted by Gasteiger charge is -2.08. The molecule has 0 spiro atoms. The predicted octanol–water partition coefficient (Wildman–Crippen LogP) is 3.00. The van der Waals surface area contributed by atoms with E-state index >= 15 is 0 Å². The van der Waals surface area contributed by atoms with Crippen LogP contribution in [0.4, 0.5) is 0 Å². The van der Waals surface area contributed by atoms with Gasteiger partial charge in [-0.05, 0) is 24.6 Å². The van der Waals surface area contributed by atoms with Crippen LogP contribution in [-0.4, -0.2) is 41.6 Å². The van der Waals surface area contributed by atoms with Crippen LogP contribution in [0.15, 0.2) is 24.4 Å². The highest BCUT2D eigenvalue weighted by Gasteiger charge is 2.13. The van der Waals surface area contributed by atoms with Gasteiger partial charge in [0.25, 0.3) is 0 Å². The number of rotatable bonds is 0. The van der Waals surface area contributed by atoms with Crippen LogP contribution in [0.2, 0.25) is 0 Å². The highest BCUT2D eigenvalue weighted by molar-refractivity contribution is 7.15. The molecule has 1 aliphatic heterocycles. The van der Waals surface area contributed by atoms with E-state index in [1.165, 1.54) is 0 Å². The van der Waals surface area contributed by atoms with Gasteiger partial charge in [-0.25, -0.2) is 4.98 Å². The molecular weight excluding hydrogens is 314 g/mol. The fraction of sp³-hybridized carbons (Fsp3) is 0.375. The van der Waals surface area contributed by atoms with Crippen LogP contribution in [0, 0.1) is 0 Å². The Hall–Kier alpha value is -1.96. The van der Waals surface area contributed by atoms with Crippen LogP contribution in [0.3, 0.4) is 0 Å². The number of thiazole rings is 1. The first-order chi connectivity index (χ1) is 11.4. The lowest BCUT2D eigenvalue weighted by molar-refractivity contribution is 0.0632. The van der Waals surface area contributed by atoms with Gasteiger partial charge >= 0.3 is 0 Å². The second-order valence-corrected chi connectivity index (χ2v) is 6.38. The number of H-pyrrole nitrogens is 1. The van der Waals surface area contributed by atoms with E-state index in [-0.39, 0.29) is 0 Å². The average Bonchev–Trinajstić information content (AvgIpc) is 3.18. The number of nitrogens with zero attached hydrogens (tertiary/aromatic N) is 2. The molecule has 4 bridgehead atoms. The number of benzene rings is 1. The van der Waals surface area contributed by atoms with Gasteiger partial charge in [-0.15, -0.1) is 11.3 Å². The molecule has 1 aromatic carbocycles. The first-order valence-corrected chi connectivity index (χ1v) is 8.43. The average molecular weight is 331 g/mol. The zero-order valence-electron chi connectivity index (χ0n) is 12.6. The topological polar surface area (TPSA) is 69.3 Å². The van der Waals surface area contributed by atoms with E-state index in [0.717, 1.165) is 38.7 Å². The van der Waals surface area contributed by atoms with Gasteiger partial charge in [0, 0.05) is 24.8 Å². The number of hydrogen-bond donors (Lipinski definition) is 1. The quantitative estimate of drug-likeness (QED) is 0.686. The van der Waals surface area contributed by atoms with E-state index in [9.17, 15) is 0 Å². The molecular formula is C16H17N3O3S. The maximum atomic E-state index is 5.76. The van der Waals surface area contributed by atoms with Gasteiger partial charge in [0.2, 0.25) is 0 Å². The molecule has 0 saturated heterocycles. The monoisotopic (exact) mass is 331 g/mol. The molecule has 0 atom stereocenters. The minimum Gasteiger partial charge on any atom is -0.491 e. The van der Waals surface area contributed by atoms with Gasteiger partial charge in [0.05, 0.1) is 23.6 Å². The first kappa shape index (κ1) is 14.6. The van der Waals surface area contributed by atoms with E-state index in [2.05, 4.69) is 15.2 Å². The summed E-state index contributed by atoms with van der Waals surface area (Å²) in [4.78, 5) is 5.46. The molecule has 7 heteroatoms. The Labute approximate surface area is 137 Å². The molecule has 1 aliphatic rings. The van der Waals surface area contributed by atoms with Crippen molar-refractivity contribution >= 4 is 22.2 Å². The third-order valence-electron chi connectivity index (χ3n) is 3.62. The SMILES string of the molecule is c1cc2[nH]nc3c2cc1OCCOCCCOCc1ncc-3s1. The zero-order chi connectivity index (χ0) is 15.5. The summed E-state index contributed by atoms with van der Waals surface area (Å²) in [5.74, 6) is 0.823. The summed E-state index contributed by atoms with van der Waals surface area (Å²) >= 11 is 1.61. The molecule has 0 unspecified atom stereocenters. The molecule has 23 heavy (non-hydrogen) atoms. The van der Waals surface area contributed by atoms with Crippen LogP contribution >= 0.6 is 11.3 Å². The second kappa shape index (κ2) is 6.66. The molecule has 0 saturated carbocycles. The smallest absolute Gasteiger partial charge is 0.120 e. The Bertz CT molecular complexity index is 799. The normalized spacial score (nSPS) is 16.5. The van der Waals surface area contributed by atoms with Crippen molar-refractivity contribution in [1.29, 1.82) is 0 Å². The van der Waals surface area contributed by atoms with Crippen LogP contribution in [-0.2, 0) is 16.1 Å². The van der Waals surface area contributed by atoms with Crippen molar-refractivity contribution in [1.82, 2.24) is 15.2 Å². The minimum atomic E-state index is 0.529. The Morgan fingerprint density at radius 2 is 2.04 bits per heavy atom. The van der Waals surface area contributed by atoms with Crippen LogP contribution in [0.5, 0.6) is 5.75 Å². The van der Waals surface area contributed by atoms with Crippen molar-refractivity contribution in [2.24, 2.45) is 0 Å². The Morgan fingerprint density at radius 1 is 1.09 bits per heavy atom. The number of aromatic amines is 1. The molecule has 3 aromatic rings. The Morgan fingerprint density at radius 3 is 3.04 bits per heavy atom. The van der Waals surface area contributed by atoms with Gasteiger partial charge < -0.3 is 14.2 Å².